The Kier molecular flexibility index (Phi) is 4.80. The highest BCUT2D eigenvalue weighted by atomic mass is 19.3. The molecule has 0 aliphatic carbocycles. The fraction of sp³-hybridized carbons (Fsp3) is 0.353. The molecule has 0 bridgehead atoms. The Bertz CT molecular complexity index is 934. The molecule has 4 rings (SSSR count). The van der Waals surface area contributed by atoms with Crippen LogP contribution in [0.3, 0.4) is 0 Å². The molecule has 3 aromatic heterocycles. The monoisotopic (exact) mass is 378 g/mol. The van der Waals surface area contributed by atoms with Gasteiger partial charge in [-0.2, -0.15) is 8.78 Å². The van der Waals surface area contributed by atoms with E-state index in [4.69, 9.17) is 0 Å². The highest BCUT2D eigenvalue weighted by molar-refractivity contribution is 5.61. The Morgan fingerprint density at radius 2 is 2.19 bits per heavy atom. The number of rotatable bonds is 5. The van der Waals surface area contributed by atoms with Gasteiger partial charge in [0.2, 0.25) is 0 Å². The number of ether oxygens (including phenoxy) is 1. The van der Waals surface area contributed by atoms with Crippen molar-refractivity contribution in [3.05, 3.63) is 36.9 Å². The summed E-state index contributed by atoms with van der Waals surface area (Å²) in [6.07, 6.45) is 5.71. The predicted octanol–water partition coefficient (Wildman–Crippen LogP) is 2.50. The lowest BCUT2D eigenvalue weighted by Gasteiger charge is -2.27. The van der Waals surface area contributed by atoms with Crippen molar-refractivity contribution < 1.29 is 17.9 Å². The molecule has 7 nitrogen and oxygen atoms in total. The number of piperidine rings is 1. The van der Waals surface area contributed by atoms with Gasteiger partial charge in [0.25, 0.3) is 0 Å². The van der Waals surface area contributed by atoms with Crippen molar-refractivity contribution in [2.24, 2.45) is 0 Å². The number of alkyl halides is 3. The molecule has 2 N–H and O–H groups in total. The van der Waals surface area contributed by atoms with E-state index in [1.54, 1.807) is 23.0 Å². The molecule has 1 saturated heterocycles. The third-order valence-corrected chi connectivity index (χ3v) is 4.34. The van der Waals surface area contributed by atoms with Crippen LogP contribution in [0.2, 0.25) is 0 Å². The number of nitrogens with one attached hydrogen (secondary N) is 2. The molecule has 10 heteroatoms. The van der Waals surface area contributed by atoms with Gasteiger partial charge in [-0.05, 0) is 19.0 Å². The Labute approximate surface area is 152 Å². The SMILES string of the molecule is FC(F)Oc1ccn2c(-c3cncc(N[C@H]4CNCC[C@@H]4F)n3)cnc2c1. The van der Waals surface area contributed by atoms with E-state index in [9.17, 15) is 13.2 Å². The molecule has 1 aliphatic rings. The van der Waals surface area contributed by atoms with Crippen LogP contribution in [-0.2, 0) is 0 Å². The summed E-state index contributed by atoms with van der Waals surface area (Å²) in [7, 11) is 0. The van der Waals surface area contributed by atoms with Gasteiger partial charge in [0.1, 0.15) is 29.1 Å². The topological polar surface area (TPSA) is 76.4 Å². The summed E-state index contributed by atoms with van der Waals surface area (Å²) in [5.41, 5.74) is 1.58. The average Bonchev–Trinajstić information content (AvgIpc) is 3.07. The molecule has 1 fully saturated rings. The molecule has 0 radical (unpaired) electrons. The van der Waals surface area contributed by atoms with Gasteiger partial charge < -0.3 is 15.4 Å². The van der Waals surface area contributed by atoms with E-state index in [-0.39, 0.29) is 11.8 Å². The number of aromatic nitrogens is 4. The molecular formula is C17H17F3N6O. The van der Waals surface area contributed by atoms with Crippen LogP contribution in [0.5, 0.6) is 5.75 Å². The molecule has 0 amide bonds. The first-order valence-corrected chi connectivity index (χ1v) is 8.46. The Morgan fingerprint density at radius 3 is 3.00 bits per heavy atom. The third kappa shape index (κ3) is 3.80. The molecular weight excluding hydrogens is 361 g/mol. The zero-order valence-corrected chi connectivity index (χ0v) is 14.1. The summed E-state index contributed by atoms with van der Waals surface area (Å²) < 4.78 is 44.8. The number of hydrogen-bond acceptors (Lipinski definition) is 6. The van der Waals surface area contributed by atoms with Crippen LogP contribution in [0.1, 0.15) is 6.42 Å². The van der Waals surface area contributed by atoms with Crippen LogP contribution in [0.15, 0.2) is 36.9 Å². The lowest BCUT2D eigenvalue weighted by Crippen LogP contribution is -2.46. The van der Waals surface area contributed by atoms with Gasteiger partial charge in [0.05, 0.1) is 30.3 Å². The van der Waals surface area contributed by atoms with Gasteiger partial charge in [0, 0.05) is 18.8 Å². The maximum Gasteiger partial charge on any atom is 0.387 e. The largest absolute Gasteiger partial charge is 0.435 e. The van der Waals surface area contributed by atoms with Gasteiger partial charge >= 0.3 is 6.61 Å². The Morgan fingerprint density at radius 1 is 1.30 bits per heavy atom. The zero-order chi connectivity index (χ0) is 18.8. The molecule has 3 aromatic rings. The number of nitrogens with zero attached hydrogens (tertiary/aromatic N) is 4. The second-order valence-electron chi connectivity index (χ2n) is 6.16. The molecule has 0 saturated carbocycles. The fourth-order valence-electron chi connectivity index (χ4n) is 3.04. The van der Waals surface area contributed by atoms with Gasteiger partial charge in [-0.25, -0.2) is 14.4 Å². The number of hydrogen-bond donors (Lipinski definition) is 2. The highest BCUT2D eigenvalue weighted by Crippen LogP contribution is 2.23. The van der Waals surface area contributed by atoms with Gasteiger partial charge in [-0.15, -0.1) is 0 Å². The molecule has 142 valence electrons. The minimum absolute atomic E-state index is 0.0231. The van der Waals surface area contributed by atoms with E-state index >= 15 is 0 Å². The number of anilines is 1. The molecule has 2 atom stereocenters. The summed E-state index contributed by atoms with van der Waals surface area (Å²) in [5.74, 6) is 0.478. The molecule has 27 heavy (non-hydrogen) atoms. The van der Waals surface area contributed by atoms with Gasteiger partial charge in [-0.3, -0.25) is 9.38 Å². The first kappa shape index (κ1) is 17.5. The Hall–Kier alpha value is -2.88. The third-order valence-electron chi connectivity index (χ3n) is 4.34. The first-order valence-electron chi connectivity index (χ1n) is 8.46. The zero-order valence-electron chi connectivity index (χ0n) is 14.1. The smallest absolute Gasteiger partial charge is 0.387 e. The van der Waals surface area contributed by atoms with Gasteiger partial charge in [-0.1, -0.05) is 0 Å². The Balaban J connectivity index is 1.60. The van der Waals surface area contributed by atoms with Gasteiger partial charge in [0.15, 0.2) is 0 Å². The summed E-state index contributed by atoms with van der Waals surface area (Å²) in [6.45, 7) is -1.73. The second-order valence-corrected chi connectivity index (χ2v) is 6.16. The van der Waals surface area contributed by atoms with Crippen molar-refractivity contribution in [1.29, 1.82) is 0 Å². The minimum atomic E-state index is -2.90. The van der Waals surface area contributed by atoms with E-state index in [0.717, 1.165) is 0 Å². The second kappa shape index (κ2) is 7.39. The van der Waals surface area contributed by atoms with Crippen LogP contribution < -0.4 is 15.4 Å². The van der Waals surface area contributed by atoms with E-state index in [1.807, 2.05) is 0 Å². The van der Waals surface area contributed by atoms with E-state index in [1.165, 1.54) is 18.3 Å². The van der Waals surface area contributed by atoms with Crippen molar-refractivity contribution >= 4 is 11.5 Å². The van der Waals surface area contributed by atoms with E-state index in [2.05, 4.69) is 30.3 Å². The van der Waals surface area contributed by atoms with Crippen molar-refractivity contribution in [2.75, 3.05) is 18.4 Å². The number of imidazole rings is 1. The van der Waals surface area contributed by atoms with Crippen molar-refractivity contribution in [3.63, 3.8) is 0 Å². The summed E-state index contributed by atoms with van der Waals surface area (Å²) in [5, 5.41) is 6.21. The summed E-state index contributed by atoms with van der Waals surface area (Å²) in [4.78, 5) is 12.8. The highest BCUT2D eigenvalue weighted by Gasteiger charge is 2.24. The summed E-state index contributed by atoms with van der Waals surface area (Å²) >= 11 is 0. The molecule has 0 spiro atoms. The number of fused-ring (bicyclic) bond motifs is 1. The van der Waals surface area contributed by atoms with Crippen LogP contribution in [0.25, 0.3) is 17.0 Å². The van der Waals surface area contributed by atoms with Crippen LogP contribution in [-0.4, -0.2) is 51.3 Å². The average molecular weight is 378 g/mol. The standard InChI is InChI=1S/C17H17F3N6O/c18-11-1-3-21-6-12(11)24-15-9-22-7-13(25-15)14-8-23-16-5-10(27-17(19)20)2-4-26(14)16/h2,4-5,7-9,11-12,17,21H,1,3,6H2,(H,24,25)/t11-,12-/m0/s1. The van der Waals surface area contributed by atoms with Crippen molar-refractivity contribution in [3.8, 4) is 17.1 Å². The molecule has 1 aliphatic heterocycles. The first-order chi connectivity index (χ1) is 13.1. The maximum absolute atomic E-state index is 14.0. The lowest BCUT2D eigenvalue weighted by atomic mass is 10.1. The van der Waals surface area contributed by atoms with Crippen LogP contribution in [0, 0.1) is 0 Å². The van der Waals surface area contributed by atoms with Crippen LogP contribution >= 0.6 is 0 Å². The van der Waals surface area contributed by atoms with E-state index in [0.29, 0.717) is 42.4 Å². The lowest BCUT2D eigenvalue weighted by molar-refractivity contribution is -0.0498. The van der Waals surface area contributed by atoms with Crippen LogP contribution in [0.4, 0.5) is 19.0 Å². The fourth-order valence-corrected chi connectivity index (χ4v) is 3.04. The van der Waals surface area contributed by atoms with Crippen molar-refractivity contribution in [1.82, 2.24) is 24.7 Å². The minimum Gasteiger partial charge on any atom is -0.435 e. The quantitative estimate of drug-likeness (QED) is 0.711. The number of pyridine rings is 1. The number of halogens is 3. The normalized spacial score (nSPS) is 20.1. The molecule has 0 aromatic carbocycles. The summed E-state index contributed by atoms with van der Waals surface area (Å²) in [6, 6.07) is 2.45. The van der Waals surface area contributed by atoms with Crippen molar-refractivity contribution in [2.45, 2.75) is 25.2 Å². The maximum atomic E-state index is 14.0. The molecule has 0 unspecified atom stereocenters. The predicted molar refractivity (Wildman–Crippen MR) is 92.6 cm³/mol. The van der Waals surface area contributed by atoms with E-state index < -0.39 is 12.8 Å². The molecule has 4 heterocycles.